The van der Waals surface area contributed by atoms with Crippen LogP contribution in [-0.4, -0.2) is 43.1 Å². The van der Waals surface area contributed by atoms with Gasteiger partial charge in [-0.1, -0.05) is 60.7 Å². The summed E-state index contributed by atoms with van der Waals surface area (Å²) < 4.78 is 5.73. The highest BCUT2D eigenvalue weighted by molar-refractivity contribution is 5.79. The lowest BCUT2D eigenvalue weighted by atomic mass is 10.0. The van der Waals surface area contributed by atoms with Gasteiger partial charge in [0.25, 0.3) is 0 Å². The second-order valence-corrected chi connectivity index (χ2v) is 6.58. The fraction of sp³-hybridized carbons (Fsp3) is 0.381. The molecule has 4 heteroatoms. The van der Waals surface area contributed by atoms with Gasteiger partial charge in [-0.25, -0.2) is 0 Å². The average molecular weight is 338 g/mol. The minimum atomic E-state index is 0.123. The van der Waals surface area contributed by atoms with Crippen LogP contribution in [0.25, 0.3) is 0 Å². The van der Waals surface area contributed by atoms with E-state index in [2.05, 4.69) is 34.5 Å². The molecule has 0 unspecified atom stereocenters. The van der Waals surface area contributed by atoms with Crippen molar-refractivity contribution in [2.75, 3.05) is 26.2 Å². The van der Waals surface area contributed by atoms with Crippen molar-refractivity contribution in [3.8, 4) is 0 Å². The summed E-state index contributed by atoms with van der Waals surface area (Å²) in [5, 5.41) is 3.11. The SMILES string of the molecule is O=C1CN(CCCOCc2ccccc2)C[C@H](Cc2ccccc2)N1. The van der Waals surface area contributed by atoms with Crippen molar-refractivity contribution < 1.29 is 9.53 Å². The zero-order valence-corrected chi connectivity index (χ0v) is 14.6. The number of nitrogens with zero attached hydrogens (tertiary/aromatic N) is 1. The van der Waals surface area contributed by atoms with Gasteiger partial charge in [0.05, 0.1) is 13.2 Å². The molecule has 1 heterocycles. The molecular weight excluding hydrogens is 312 g/mol. The van der Waals surface area contributed by atoms with Gasteiger partial charge < -0.3 is 10.1 Å². The minimum Gasteiger partial charge on any atom is -0.377 e. The third-order valence-corrected chi connectivity index (χ3v) is 4.41. The fourth-order valence-corrected chi connectivity index (χ4v) is 3.24. The molecular formula is C21H26N2O2. The van der Waals surface area contributed by atoms with Crippen LogP contribution < -0.4 is 5.32 Å². The first-order valence-corrected chi connectivity index (χ1v) is 8.97. The van der Waals surface area contributed by atoms with Crippen LogP contribution in [0, 0.1) is 0 Å². The van der Waals surface area contributed by atoms with E-state index in [1.807, 2.05) is 36.4 Å². The maximum absolute atomic E-state index is 12.0. The number of piperazine rings is 1. The number of ether oxygens (including phenoxy) is 1. The smallest absolute Gasteiger partial charge is 0.234 e. The van der Waals surface area contributed by atoms with Crippen LogP contribution in [0.3, 0.4) is 0 Å². The molecule has 0 saturated carbocycles. The lowest BCUT2D eigenvalue weighted by molar-refractivity contribution is -0.125. The van der Waals surface area contributed by atoms with E-state index in [-0.39, 0.29) is 11.9 Å². The van der Waals surface area contributed by atoms with Crippen molar-refractivity contribution in [3.05, 3.63) is 71.8 Å². The van der Waals surface area contributed by atoms with Crippen LogP contribution in [0.15, 0.2) is 60.7 Å². The monoisotopic (exact) mass is 338 g/mol. The van der Waals surface area contributed by atoms with E-state index in [9.17, 15) is 4.79 Å². The molecule has 2 aromatic carbocycles. The maximum atomic E-state index is 12.0. The Morgan fingerprint density at radius 2 is 1.68 bits per heavy atom. The van der Waals surface area contributed by atoms with Crippen molar-refractivity contribution >= 4 is 5.91 Å². The summed E-state index contributed by atoms with van der Waals surface area (Å²) in [4.78, 5) is 14.2. The Labute approximate surface area is 149 Å². The first-order chi connectivity index (χ1) is 12.3. The molecule has 3 rings (SSSR count). The highest BCUT2D eigenvalue weighted by atomic mass is 16.5. The summed E-state index contributed by atoms with van der Waals surface area (Å²) >= 11 is 0. The molecule has 4 nitrogen and oxygen atoms in total. The molecule has 25 heavy (non-hydrogen) atoms. The Morgan fingerprint density at radius 1 is 1.00 bits per heavy atom. The summed E-state index contributed by atoms with van der Waals surface area (Å²) in [6, 6.07) is 20.7. The second-order valence-electron chi connectivity index (χ2n) is 6.58. The highest BCUT2D eigenvalue weighted by Crippen LogP contribution is 2.09. The fourth-order valence-electron chi connectivity index (χ4n) is 3.24. The third-order valence-electron chi connectivity index (χ3n) is 4.41. The van der Waals surface area contributed by atoms with Crippen molar-refractivity contribution in [1.29, 1.82) is 0 Å². The largest absolute Gasteiger partial charge is 0.377 e. The van der Waals surface area contributed by atoms with Gasteiger partial charge in [0.1, 0.15) is 0 Å². The van der Waals surface area contributed by atoms with Crippen LogP contribution in [0.4, 0.5) is 0 Å². The normalized spacial score (nSPS) is 18.1. The molecule has 0 radical (unpaired) electrons. The zero-order chi connectivity index (χ0) is 17.3. The van der Waals surface area contributed by atoms with Crippen molar-refractivity contribution in [3.63, 3.8) is 0 Å². The topological polar surface area (TPSA) is 41.6 Å². The van der Waals surface area contributed by atoms with E-state index in [0.717, 1.165) is 32.5 Å². The molecule has 1 saturated heterocycles. The summed E-state index contributed by atoms with van der Waals surface area (Å²) in [6.45, 7) is 3.66. The summed E-state index contributed by atoms with van der Waals surface area (Å²) in [7, 11) is 0. The van der Waals surface area contributed by atoms with E-state index in [1.54, 1.807) is 0 Å². The predicted octanol–water partition coefficient (Wildman–Crippen LogP) is 2.64. The lowest BCUT2D eigenvalue weighted by Gasteiger charge is -2.33. The van der Waals surface area contributed by atoms with Crippen LogP contribution in [0.2, 0.25) is 0 Å². The number of nitrogens with one attached hydrogen (secondary N) is 1. The Hall–Kier alpha value is -2.17. The number of benzene rings is 2. The van der Waals surface area contributed by atoms with E-state index >= 15 is 0 Å². The number of rotatable bonds is 8. The first kappa shape index (κ1) is 17.6. The van der Waals surface area contributed by atoms with Crippen LogP contribution in [0.5, 0.6) is 0 Å². The van der Waals surface area contributed by atoms with E-state index < -0.39 is 0 Å². The average Bonchev–Trinajstić information content (AvgIpc) is 2.63. The summed E-state index contributed by atoms with van der Waals surface area (Å²) in [5.41, 5.74) is 2.46. The lowest BCUT2D eigenvalue weighted by Crippen LogP contribution is -2.55. The minimum absolute atomic E-state index is 0.123. The number of carbonyl (C=O) groups excluding carboxylic acids is 1. The Kier molecular flexibility index (Phi) is 6.60. The van der Waals surface area contributed by atoms with Gasteiger partial charge in [0, 0.05) is 25.7 Å². The second kappa shape index (κ2) is 9.35. The van der Waals surface area contributed by atoms with Crippen LogP contribution in [-0.2, 0) is 22.6 Å². The van der Waals surface area contributed by atoms with Crippen molar-refractivity contribution in [2.45, 2.75) is 25.5 Å². The summed E-state index contributed by atoms with van der Waals surface area (Å²) in [6.07, 6.45) is 1.83. The van der Waals surface area contributed by atoms with Crippen molar-refractivity contribution in [1.82, 2.24) is 10.2 Å². The number of carbonyl (C=O) groups is 1. The number of amides is 1. The predicted molar refractivity (Wildman–Crippen MR) is 99.2 cm³/mol. The van der Waals surface area contributed by atoms with Gasteiger partial charge in [-0.15, -0.1) is 0 Å². The van der Waals surface area contributed by atoms with Gasteiger partial charge in [0.2, 0.25) is 5.91 Å². The molecule has 2 aromatic rings. The maximum Gasteiger partial charge on any atom is 0.234 e. The Bertz CT molecular complexity index is 645. The molecule has 0 bridgehead atoms. The molecule has 1 atom stereocenters. The molecule has 1 fully saturated rings. The molecule has 0 spiro atoms. The molecule has 132 valence electrons. The zero-order valence-electron chi connectivity index (χ0n) is 14.6. The molecule has 1 N–H and O–H groups in total. The van der Waals surface area contributed by atoms with Gasteiger partial charge in [-0.3, -0.25) is 9.69 Å². The van der Waals surface area contributed by atoms with Gasteiger partial charge in [-0.2, -0.15) is 0 Å². The van der Waals surface area contributed by atoms with Crippen LogP contribution >= 0.6 is 0 Å². The van der Waals surface area contributed by atoms with Gasteiger partial charge >= 0.3 is 0 Å². The molecule has 1 aliphatic heterocycles. The van der Waals surface area contributed by atoms with E-state index in [0.29, 0.717) is 13.2 Å². The van der Waals surface area contributed by atoms with Crippen LogP contribution in [0.1, 0.15) is 17.5 Å². The molecule has 0 aromatic heterocycles. The first-order valence-electron chi connectivity index (χ1n) is 8.97. The van der Waals surface area contributed by atoms with Gasteiger partial charge in [0.15, 0.2) is 0 Å². The summed E-state index contributed by atoms with van der Waals surface area (Å²) in [5.74, 6) is 0.123. The number of hydrogen-bond acceptors (Lipinski definition) is 3. The Morgan fingerprint density at radius 3 is 2.40 bits per heavy atom. The van der Waals surface area contributed by atoms with E-state index in [1.165, 1.54) is 11.1 Å². The highest BCUT2D eigenvalue weighted by Gasteiger charge is 2.24. The molecule has 1 aliphatic rings. The third kappa shape index (κ3) is 6.00. The number of hydrogen-bond donors (Lipinski definition) is 1. The standard InChI is InChI=1S/C21H26N2O2/c24-21-16-23(12-7-13-25-17-19-10-5-2-6-11-19)15-20(22-21)14-18-8-3-1-4-9-18/h1-6,8-11,20H,7,12-17H2,(H,22,24)/t20-/m0/s1. The molecule has 1 amide bonds. The van der Waals surface area contributed by atoms with Gasteiger partial charge in [-0.05, 0) is 24.0 Å². The van der Waals surface area contributed by atoms with Crippen molar-refractivity contribution in [2.24, 2.45) is 0 Å². The van der Waals surface area contributed by atoms with E-state index in [4.69, 9.17) is 4.74 Å². The molecule has 0 aliphatic carbocycles. The quantitative estimate of drug-likeness (QED) is 0.753. The Balaban J connectivity index is 1.37.